The summed E-state index contributed by atoms with van der Waals surface area (Å²) in [5, 5.41) is 0. The Hall–Kier alpha value is -3.40. The van der Waals surface area contributed by atoms with Crippen LogP contribution >= 0.6 is 0 Å². The van der Waals surface area contributed by atoms with E-state index in [1.807, 2.05) is 72.8 Å². The zero-order chi connectivity index (χ0) is 18.6. The van der Waals surface area contributed by atoms with Crippen LogP contribution in [0, 0.1) is 0 Å². The monoisotopic (exact) mass is 357 g/mol. The summed E-state index contributed by atoms with van der Waals surface area (Å²) in [6, 6.07) is 26.5. The van der Waals surface area contributed by atoms with E-state index in [1.165, 1.54) is 0 Å². The van der Waals surface area contributed by atoms with Gasteiger partial charge in [0.25, 0.3) is 5.91 Å². The number of esters is 1. The molecule has 0 spiro atoms. The number of ether oxygens (including phenoxy) is 1. The fourth-order valence-electron chi connectivity index (χ4n) is 3.31. The molecule has 4 rings (SSSR count). The van der Waals surface area contributed by atoms with Crippen LogP contribution < -0.4 is 4.90 Å². The van der Waals surface area contributed by atoms with E-state index in [1.54, 1.807) is 17.0 Å². The highest BCUT2D eigenvalue weighted by Crippen LogP contribution is 2.25. The number of cyclic esters (lactones) is 1. The van der Waals surface area contributed by atoms with Crippen molar-refractivity contribution in [3.05, 3.63) is 102 Å². The molecule has 4 nitrogen and oxygen atoms in total. The highest BCUT2D eigenvalue weighted by molar-refractivity contribution is 6.01. The smallest absolute Gasteiger partial charge is 0.339 e. The van der Waals surface area contributed by atoms with Gasteiger partial charge >= 0.3 is 5.97 Å². The fourth-order valence-corrected chi connectivity index (χ4v) is 3.31. The summed E-state index contributed by atoms with van der Waals surface area (Å²) < 4.78 is 5.48. The number of hydrogen-bond acceptors (Lipinski definition) is 3. The van der Waals surface area contributed by atoms with Crippen molar-refractivity contribution in [1.82, 2.24) is 0 Å². The van der Waals surface area contributed by atoms with E-state index >= 15 is 0 Å². The minimum absolute atomic E-state index is 0.215. The van der Waals surface area contributed by atoms with Crippen LogP contribution in [0.3, 0.4) is 0 Å². The summed E-state index contributed by atoms with van der Waals surface area (Å²) >= 11 is 0. The first-order chi connectivity index (χ1) is 13.2. The van der Waals surface area contributed by atoms with Gasteiger partial charge in [0.1, 0.15) is 0 Å². The molecule has 3 aromatic rings. The number of anilines is 1. The molecule has 1 aliphatic heterocycles. The molecule has 0 aliphatic carbocycles. The van der Waals surface area contributed by atoms with Gasteiger partial charge in [-0.3, -0.25) is 4.79 Å². The molecule has 0 N–H and O–H groups in total. The lowest BCUT2D eigenvalue weighted by atomic mass is 9.98. The van der Waals surface area contributed by atoms with E-state index in [9.17, 15) is 9.59 Å². The van der Waals surface area contributed by atoms with Crippen LogP contribution in [-0.2, 0) is 22.5 Å². The Labute approximate surface area is 158 Å². The first-order valence-corrected chi connectivity index (χ1v) is 8.91. The first kappa shape index (κ1) is 17.0. The second-order valence-electron chi connectivity index (χ2n) is 6.50. The van der Waals surface area contributed by atoms with Crippen molar-refractivity contribution < 1.29 is 14.3 Å². The van der Waals surface area contributed by atoms with Crippen molar-refractivity contribution in [3.8, 4) is 0 Å². The van der Waals surface area contributed by atoms with Crippen LogP contribution in [0.5, 0.6) is 0 Å². The van der Waals surface area contributed by atoms with Crippen molar-refractivity contribution in [3.63, 3.8) is 0 Å². The highest BCUT2D eigenvalue weighted by atomic mass is 16.5. The molecule has 0 fully saturated rings. The zero-order valence-corrected chi connectivity index (χ0v) is 14.7. The number of benzene rings is 3. The molecule has 1 unspecified atom stereocenters. The highest BCUT2D eigenvalue weighted by Gasteiger charge is 2.34. The molecule has 3 aromatic carbocycles. The van der Waals surface area contributed by atoms with Crippen LogP contribution in [0.15, 0.2) is 84.9 Å². The lowest BCUT2D eigenvalue weighted by Crippen LogP contribution is -2.44. The van der Waals surface area contributed by atoms with Gasteiger partial charge in [-0.15, -0.1) is 0 Å². The van der Waals surface area contributed by atoms with E-state index in [0.717, 1.165) is 16.8 Å². The number of amides is 1. The molecule has 1 atom stereocenters. The normalized spacial score (nSPS) is 15.6. The van der Waals surface area contributed by atoms with Gasteiger partial charge < -0.3 is 9.64 Å². The van der Waals surface area contributed by atoms with Gasteiger partial charge in [0, 0.05) is 12.1 Å². The maximum atomic E-state index is 13.3. The average molecular weight is 357 g/mol. The SMILES string of the molecule is O=C1OC(C(=O)N(Cc2ccccc2)c2ccccc2)Cc2ccccc21. The molecule has 0 radical (unpaired) electrons. The predicted molar refractivity (Wildman–Crippen MR) is 103 cm³/mol. The van der Waals surface area contributed by atoms with Crippen molar-refractivity contribution in [2.75, 3.05) is 4.90 Å². The van der Waals surface area contributed by atoms with E-state index in [2.05, 4.69) is 0 Å². The Morgan fingerprint density at radius 1 is 0.889 bits per heavy atom. The molecular formula is C23H19NO3. The number of hydrogen-bond donors (Lipinski definition) is 0. The van der Waals surface area contributed by atoms with Gasteiger partial charge in [-0.25, -0.2) is 4.79 Å². The van der Waals surface area contributed by atoms with Crippen LogP contribution in [0.25, 0.3) is 0 Å². The first-order valence-electron chi connectivity index (χ1n) is 8.91. The van der Waals surface area contributed by atoms with Gasteiger partial charge in [0.05, 0.1) is 12.1 Å². The molecule has 0 saturated heterocycles. The van der Waals surface area contributed by atoms with Crippen molar-refractivity contribution >= 4 is 17.6 Å². The topological polar surface area (TPSA) is 46.6 Å². The average Bonchev–Trinajstić information content (AvgIpc) is 2.73. The number of nitrogens with zero attached hydrogens (tertiary/aromatic N) is 1. The molecule has 0 bridgehead atoms. The van der Waals surface area contributed by atoms with Gasteiger partial charge in [-0.1, -0.05) is 66.7 Å². The number of rotatable bonds is 4. The maximum absolute atomic E-state index is 13.3. The van der Waals surface area contributed by atoms with Gasteiger partial charge in [0.15, 0.2) is 6.10 Å². The molecule has 0 aromatic heterocycles. The van der Waals surface area contributed by atoms with E-state index < -0.39 is 12.1 Å². The second-order valence-corrected chi connectivity index (χ2v) is 6.50. The Kier molecular flexibility index (Phi) is 4.71. The summed E-state index contributed by atoms with van der Waals surface area (Å²) in [7, 11) is 0. The summed E-state index contributed by atoms with van der Waals surface area (Å²) in [5.74, 6) is -0.657. The molecule has 4 heteroatoms. The van der Waals surface area contributed by atoms with Crippen LogP contribution in [-0.4, -0.2) is 18.0 Å². The third kappa shape index (κ3) is 3.60. The number of para-hydroxylation sites is 1. The van der Waals surface area contributed by atoms with Crippen molar-refractivity contribution in [2.45, 2.75) is 19.1 Å². The van der Waals surface area contributed by atoms with E-state index in [4.69, 9.17) is 4.74 Å². The minimum Gasteiger partial charge on any atom is -0.448 e. The molecular weight excluding hydrogens is 338 g/mol. The summed E-state index contributed by atoms with van der Waals surface area (Å²) in [6.45, 7) is 0.416. The van der Waals surface area contributed by atoms with E-state index in [0.29, 0.717) is 18.5 Å². The van der Waals surface area contributed by atoms with Crippen LogP contribution in [0.4, 0.5) is 5.69 Å². The largest absolute Gasteiger partial charge is 0.448 e. The van der Waals surface area contributed by atoms with Gasteiger partial charge in [-0.05, 0) is 29.3 Å². The standard InChI is InChI=1S/C23H19NO3/c25-22(21-15-18-11-7-8-14-20(18)23(26)27-21)24(19-12-5-2-6-13-19)16-17-9-3-1-4-10-17/h1-14,21H,15-16H2. The Morgan fingerprint density at radius 2 is 1.52 bits per heavy atom. The third-order valence-electron chi connectivity index (χ3n) is 4.68. The number of carbonyl (C=O) groups excluding carboxylic acids is 2. The molecule has 27 heavy (non-hydrogen) atoms. The van der Waals surface area contributed by atoms with Gasteiger partial charge in [-0.2, -0.15) is 0 Å². The third-order valence-corrected chi connectivity index (χ3v) is 4.68. The van der Waals surface area contributed by atoms with E-state index in [-0.39, 0.29) is 5.91 Å². The molecule has 0 saturated carbocycles. The lowest BCUT2D eigenvalue weighted by molar-refractivity contribution is -0.127. The predicted octanol–water partition coefficient (Wildman–Crippen LogP) is 4.00. The molecule has 1 heterocycles. The van der Waals surface area contributed by atoms with Crippen molar-refractivity contribution in [2.24, 2.45) is 0 Å². The lowest BCUT2D eigenvalue weighted by Gasteiger charge is -2.30. The van der Waals surface area contributed by atoms with Crippen molar-refractivity contribution in [1.29, 1.82) is 0 Å². The Bertz CT molecular complexity index is 954. The second kappa shape index (κ2) is 7.46. The maximum Gasteiger partial charge on any atom is 0.339 e. The minimum atomic E-state index is -0.823. The van der Waals surface area contributed by atoms with Crippen LogP contribution in [0.1, 0.15) is 21.5 Å². The summed E-state index contributed by atoms with van der Waals surface area (Å²) in [5.41, 5.74) is 3.18. The zero-order valence-electron chi connectivity index (χ0n) is 14.7. The quantitative estimate of drug-likeness (QED) is 0.663. The molecule has 1 amide bonds. The fraction of sp³-hybridized carbons (Fsp3) is 0.130. The van der Waals surface area contributed by atoms with Crippen LogP contribution in [0.2, 0.25) is 0 Å². The number of carbonyl (C=O) groups is 2. The Balaban J connectivity index is 1.64. The summed E-state index contributed by atoms with van der Waals surface area (Å²) in [4.78, 5) is 27.3. The molecule has 134 valence electrons. The number of fused-ring (bicyclic) bond motifs is 1. The summed E-state index contributed by atoms with van der Waals surface area (Å²) in [6.07, 6.45) is -0.435. The molecule has 1 aliphatic rings. The van der Waals surface area contributed by atoms with Gasteiger partial charge in [0.2, 0.25) is 0 Å². The Morgan fingerprint density at radius 3 is 2.26 bits per heavy atom.